The van der Waals surface area contributed by atoms with Crippen LogP contribution in [0.3, 0.4) is 0 Å². The Hall–Kier alpha value is -4.33. The van der Waals surface area contributed by atoms with Gasteiger partial charge < -0.3 is 21.1 Å². The molecule has 0 unspecified atom stereocenters. The van der Waals surface area contributed by atoms with Gasteiger partial charge in [-0.25, -0.2) is 9.48 Å². The van der Waals surface area contributed by atoms with Crippen LogP contribution in [0.4, 0.5) is 10.6 Å². The Balaban J connectivity index is 1.33. The molecule has 3 aromatic rings. The monoisotopic (exact) mass is 516 g/mol. The molecule has 0 radical (unpaired) electrons. The molecular formula is C27H32N8O3. The molecular weight excluding hydrogens is 484 g/mol. The molecule has 0 bridgehead atoms. The number of rotatable bonds is 5. The molecule has 38 heavy (non-hydrogen) atoms. The summed E-state index contributed by atoms with van der Waals surface area (Å²) in [4.78, 5) is 26.7. The van der Waals surface area contributed by atoms with E-state index in [4.69, 9.17) is 21.3 Å². The lowest BCUT2D eigenvalue weighted by atomic mass is 9.65. The van der Waals surface area contributed by atoms with Crippen molar-refractivity contribution in [3.8, 4) is 17.3 Å². The van der Waals surface area contributed by atoms with E-state index in [1.165, 1.54) is 0 Å². The molecule has 11 heteroatoms. The molecule has 1 saturated heterocycles. The molecule has 2 aromatic heterocycles. The van der Waals surface area contributed by atoms with Gasteiger partial charge in [0.25, 0.3) is 5.91 Å². The van der Waals surface area contributed by atoms with Gasteiger partial charge in [0.1, 0.15) is 22.7 Å². The summed E-state index contributed by atoms with van der Waals surface area (Å²) < 4.78 is 8.92. The zero-order chi connectivity index (χ0) is 27.2. The summed E-state index contributed by atoms with van der Waals surface area (Å²) in [5, 5.41) is 18.5. The zero-order valence-corrected chi connectivity index (χ0v) is 21.8. The van der Waals surface area contributed by atoms with E-state index in [0.717, 1.165) is 24.8 Å². The third-order valence-corrected chi connectivity index (χ3v) is 7.34. The minimum atomic E-state index is -0.655. The Morgan fingerprint density at radius 3 is 2.68 bits per heavy atom. The Morgan fingerprint density at radius 1 is 1.26 bits per heavy atom. The van der Waals surface area contributed by atoms with Crippen molar-refractivity contribution in [3.05, 3.63) is 53.3 Å². The quantitative estimate of drug-likeness (QED) is 0.526. The van der Waals surface area contributed by atoms with Crippen LogP contribution in [0.1, 0.15) is 67.6 Å². The molecule has 0 atom stereocenters. The molecule has 1 aromatic carbocycles. The van der Waals surface area contributed by atoms with Crippen molar-refractivity contribution in [2.75, 3.05) is 18.8 Å². The van der Waals surface area contributed by atoms with E-state index in [9.17, 15) is 14.9 Å². The van der Waals surface area contributed by atoms with Gasteiger partial charge in [0.2, 0.25) is 0 Å². The van der Waals surface area contributed by atoms with Gasteiger partial charge in [-0.05, 0) is 57.1 Å². The highest BCUT2D eigenvalue weighted by Crippen LogP contribution is 2.55. The van der Waals surface area contributed by atoms with Crippen molar-refractivity contribution in [2.45, 2.75) is 58.2 Å². The average molecular weight is 517 g/mol. The van der Waals surface area contributed by atoms with E-state index in [1.807, 2.05) is 39.0 Å². The Bertz CT molecular complexity index is 1440. The number of likely N-dealkylation sites (tertiary alicyclic amines) is 1. The summed E-state index contributed by atoms with van der Waals surface area (Å²) in [7, 11) is 0. The summed E-state index contributed by atoms with van der Waals surface area (Å²) in [6.07, 6.45) is 5.57. The minimum Gasteiger partial charge on any atom is -0.444 e. The molecule has 198 valence electrons. The number of carbonyl (C=O) groups excluding carboxylic acids is 2. The Morgan fingerprint density at radius 2 is 2.00 bits per heavy atom. The van der Waals surface area contributed by atoms with Gasteiger partial charge in [0.05, 0.1) is 30.4 Å². The molecule has 2 amide bonds. The second-order valence-electron chi connectivity index (χ2n) is 11.3. The second kappa shape index (κ2) is 9.20. The number of nitrogen functional groups attached to an aromatic ring is 1. The van der Waals surface area contributed by atoms with Crippen molar-refractivity contribution in [1.29, 1.82) is 5.26 Å². The van der Waals surface area contributed by atoms with Crippen molar-refractivity contribution < 1.29 is 14.3 Å². The van der Waals surface area contributed by atoms with Crippen molar-refractivity contribution in [2.24, 2.45) is 11.1 Å². The number of hydrogen-bond donors (Lipinski definition) is 2. The number of nitrogens with two attached hydrogens (primary N) is 2. The summed E-state index contributed by atoms with van der Waals surface area (Å²) in [5.41, 5.74) is 14.2. The van der Waals surface area contributed by atoms with E-state index >= 15 is 0 Å². The van der Waals surface area contributed by atoms with Gasteiger partial charge >= 0.3 is 6.09 Å². The smallest absolute Gasteiger partial charge is 0.410 e. The molecule has 2 fully saturated rings. The van der Waals surface area contributed by atoms with Crippen molar-refractivity contribution in [3.63, 3.8) is 0 Å². The van der Waals surface area contributed by atoms with Crippen LogP contribution in [-0.2, 0) is 11.3 Å². The molecule has 1 aliphatic heterocycles. The molecule has 5 rings (SSSR count). The van der Waals surface area contributed by atoms with E-state index in [2.05, 4.69) is 11.2 Å². The zero-order valence-electron chi connectivity index (χ0n) is 21.8. The second-order valence-corrected chi connectivity index (χ2v) is 11.3. The topological polar surface area (TPSA) is 158 Å². The lowest BCUT2D eigenvalue weighted by Crippen LogP contribution is -2.43. The van der Waals surface area contributed by atoms with Crippen LogP contribution in [0.2, 0.25) is 0 Å². The number of hydrogen-bond acceptors (Lipinski definition) is 7. The fraction of sp³-hybridized carbons (Fsp3) is 0.444. The summed E-state index contributed by atoms with van der Waals surface area (Å²) in [6.45, 7) is 7.26. The van der Waals surface area contributed by atoms with Crippen LogP contribution in [0.15, 0.2) is 36.7 Å². The summed E-state index contributed by atoms with van der Waals surface area (Å²) in [5.74, 6) is -0.422. The maximum Gasteiger partial charge on any atom is 0.410 e. The first-order valence-electron chi connectivity index (χ1n) is 12.7. The highest BCUT2D eigenvalue weighted by molar-refractivity contribution is 6.03. The lowest BCUT2D eigenvalue weighted by molar-refractivity contribution is 0.0187. The number of ether oxygens (including phenoxy) is 1. The molecule has 2 aliphatic rings. The normalized spacial score (nSPS) is 20.8. The van der Waals surface area contributed by atoms with Gasteiger partial charge in [-0.2, -0.15) is 15.5 Å². The fourth-order valence-electron chi connectivity index (χ4n) is 5.55. The van der Waals surface area contributed by atoms with Gasteiger partial charge in [-0.3, -0.25) is 9.48 Å². The number of nitrogens with zero attached hydrogens (tertiary/aromatic N) is 6. The fourth-order valence-corrected chi connectivity index (χ4v) is 5.55. The van der Waals surface area contributed by atoms with E-state index < -0.39 is 11.5 Å². The van der Waals surface area contributed by atoms with E-state index in [-0.39, 0.29) is 28.9 Å². The first-order valence-corrected chi connectivity index (χ1v) is 12.7. The minimum absolute atomic E-state index is 0.00186. The van der Waals surface area contributed by atoms with Gasteiger partial charge in [0, 0.05) is 24.8 Å². The molecule has 3 heterocycles. The third-order valence-electron chi connectivity index (χ3n) is 7.34. The summed E-state index contributed by atoms with van der Waals surface area (Å²) >= 11 is 0. The summed E-state index contributed by atoms with van der Waals surface area (Å²) in [6, 6.07) is 9.51. The maximum absolute atomic E-state index is 12.5. The predicted octanol–water partition coefficient (Wildman–Crippen LogP) is 3.31. The van der Waals surface area contributed by atoms with Crippen molar-refractivity contribution in [1.82, 2.24) is 24.5 Å². The maximum atomic E-state index is 12.5. The van der Waals surface area contributed by atoms with Gasteiger partial charge in [0.15, 0.2) is 0 Å². The third kappa shape index (κ3) is 4.69. The first-order chi connectivity index (χ1) is 18.0. The Kier molecular flexibility index (Phi) is 6.13. The van der Waals surface area contributed by atoms with E-state index in [0.29, 0.717) is 36.5 Å². The molecule has 11 nitrogen and oxygen atoms in total. The van der Waals surface area contributed by atoms with E-state index in [1.54, 1.807) is 32.7 Å². The van der Waals surface area contributed by atoms with Crippen LogP contribution in [0.25, 0.3) is 11.3 Å². The molecule has 4 N–H and O–H groups in total. The SMILES string of the molecule is CC(C)(C)OC(=O)N1CCC2(CC(n3nc(-c4cnn(Cc5ccccc5C#N)c4)c(C(N)=O)c3N)C2)C1. The number of aromatic nitrogens is 4. The number of nitriles is 1. The van der Waals surface area contributed by atoms with Gasteiger partial charge in [-0.15, -0.1) is 0 Å². The van der Waals surface area contributed by atoms with Crippen LogP contribution in [-0.4, -0.2) is 55.2 Å². The number of amides is 2. The lowest BCUT2D eigenvalue weighted by Gasteiger charge is -2.45. The predicted molar refractivity (Wildman–Crippen MR) is 140 cm³/mol. The number of anilines is 1. The van der Waals surface area contributed by atoms with Crippen molar-refractivity contribution >= 4 is 17.8 Å². The number of primary amides is 1. The van der Waals surface area contributed by atoms with Crippen LogP contribution in [0, 0.1) is 16.7 Å². The largest absolute Gasteiger partial charge is 0.444 e. The molecule has 1 aliphatic carbocycles. The molecule has 1 spiro atoms. The Labute approximate surface area is 220 Å². The van der Waals surface area contributed by atoms with Crippen LogP contribution < -0.4 is 11.5 Å². The first kappa shape index (κ1) is 25.3. The van der Waals surface area contributed by atoms with Crippen LogP contribution >= 0.6 is 0 Å². The average Bonchev–Trinajstić information content (AvgIpc) is 3.54. The number of benzene rings is 1. The van der Waals surface area contributed by atoms with Crippen LogP contribution in [0.5, 0.6) is 0 Å². The highest BCUT2D eigenvalue weighted by Gasteiger charge is 2.51. The van der Waals surface area contributed by atoms with Gasteiger partial charge in [-0.1, -0.05) is 18.2 Å². The standard InChI is InChI=1S/C27H32N8O3/c1-26(2,3)38-25(37)33-9-8-27(16-33)10-20(11-27)35-23(29)21(24(30)36)22(32-35)19-13-31-34(15-19)14-18-7-5-4-6-17(18)12-28/h4-7,13,15,20H,8-11,14,16,29H2,1-3H3,(H2,30,36). The number of carbonyl (C=O) groups is 2. The highest BCUT2D eigenvalue weighted by atomic mass is 16.6. The molecule has 1 saturated carbocycles.